The Morgan fingerprint density at radius 1 is 1.47 bits per heavy atom. The Labute approximate surface area is 111 Å². The molecule has 0 atom stereocenters. The maximum absolute atomic E-state index is 12.2. The van der Waals surface area contributed by atoms with E-state index in [9.17, 15) is 18.5 Å². The molecule has 102 valence electrons. The fourth-order valence-corrected chi connectivity index (χ4v) is 3.02. The van der Waals surface area contributed by atoms with Crippen LogP contribution >= 0.6 is 0 Å². The van der Waals surface area contributed by atoms with Crippen LogP contribution in [-0.4, -0.2) is 30.7 Å². The number of nitro benzene ring substituents is 1. The van der Waals surface area contributed by atoms with E-state index in [0.717, 1.165) is 10.4 Å². The molecule has 0 unspecified atom stereocenters. The van der Waals surface area contributed by atoms with E-state index in [1.807, 2.05) is 6.07 Å². The fourth-order valence-electron chi connectivity index (χ4n) is 1.53. The third-order valence-corrected chi connectivity index (χ3v) is 4.46. The molecule has 7 nitrogen and oxygen atoms in total. The van der Waals surface area contributed by atoms with Crippen molar-refractivity contribution in [3.05, 3.63) is 34.4 Å². The number of nitriles is 1. The second-order valence-corrected chi connectivity index (χ2v) is 5.60. The third-order valence-electron chi connectivity index (χ3n) is 2.49. The highest BCUT2D eigenvalue weighted by molar-refractivity contribution is 7.89. The van der Waals surface area contributed by atoms with Crippen LogP contribution < -0.4 is 0 Å². The Morgan fingerprint density at radius 3 is 2.68 bits per heavy atom. The van der Waals surface area contributed by atoms with E-state index < -0.39 is 14.9 Å². The molecule has 0 aliphatic heterocycles. The zero-order valence-electron chi connectivity index (χ0n) is 10.3. The second-order valence-electron chi connectivity index (χ2n) is 3.66. The lowest BCUT2D eigenvalue weighted by atomic mass is 10.3. The van der Waals surface area contributed by atoms with Gasteiger partial charge >= 0.3 is 0 Å². The van der Waals surface area contributed by atoms with Gasteiger partial charge in [-0.25, -0.2) is 8.42 Å². The molecule has 0 aliphatic rings. The minimum absolute atomic E-state index is 0.0675. The number of hydrogen-bond acceptors (Lipinski definition) is 5. The van der Waals surface area contributed by atoms with Crippen molar-refractivity contribution in [2.24, 2.45) is 0 Å². The summed E-state index contributed by atoms with van der Waals surface area (Å²) in [6.45, 7) is 1.91. The van der Waals surface area contributed by atoms with Gasteiger partial charge in [0.2, 0.25) is 10.0 Å². The van der Waals surface area contributed by atoms with Crippen LogP contribution in [0.25, 0.3) is 0 Å². The molecule has 1 aromatic carbocycles. The summed E-state index contributed by atoms with van der Waals surface area (Å²) >= 11 is 0. The van der Waals surface area contributed by atoms with Crippen molar-refractivity contribution in [3.8, 4) is 6.07 Å². The highest BCUT2D eigenvalue weighted by atomic mass is 32.2. The lowest BCUT2D eigenvalue weighted by molar-refractivity contribution is -0.385. The summed E-state index contributed by atoms with van der Waals surface area (Å²) in [6.07, 6.45) is 0.0714. The average molecular weight is 283 g/mol. The normalized spacial score (nSPS) is 11.2. The van der Waals surface area contributed by atoms with Gasteiger partial charge < -0.3 is 0 Å². The number of hydrogen-bond donors (Lipinski definition) is 0. The molecule has 0 aliphatic carbocycles. The monoisotopic (exact) mass is 283 g/mol. The Morgan fingerprint density at radius 2 is 2.16 bits per heavy atom. The molecule has 0 aromatic heterocycles. The summed E-state index contributed by atoms with van der Waals surface area (Å²) in [6, 6.07) is 6.74. The molecule has 8 heteroatoms. The molecule has 0 radical (unpaired) electrons. The van der Waals surface area contributed by atoms with Crippen molar-refractivity contribution in [1.29, 1.82) is 5.26 Å². The van der Waals surface area contributed by atoms with Crippen LogP contribution in [-0.2, 0) is 10.0 Å². The Bertz CT molecular complexity index is 607. The van der Waals surface area contributed by atoms with Gasteiger partial charge in [-0.3, -0.25) is 10.1 Å². The summed E-state index contributed by atoms with van der Waals surface area (Å²) in [4.78, 5) is 9.86. The van der Waals surface area contributed by atoms with Crippen LogP contribution in [0.5, 0.6) is 0 Å². The van der Waals surface area contributed by atoms with Gasteiger partial charge in [-0.2, -0.15) is 9.57 Å². The highest BCUT2D eigenvalue weighted by Crippen LogP contribution is 2.20. The molecule has 1 rings (SSSR count). The molecule has 0 amide bonds. The summed E-state index contributed by atoms with van der Waals surface area (Å²) in [7, 11) is -3.80. The SMILES string of the molecule is CCN(CCC#N)S(=O)(=O)c1cccc([N+](=O)[O-])c1. The summed E-state index contributed by atoms with van der Waals surface area (Å²) in [5.74, 6) is 0. The third kappa shape index (κ3) is 3.49. The van der Waals surface area contributed by atoms with Crippen LogP contribution in [0, 0.1) is 21.4 Å². The van der Waals surface area contributed by atoms with Crippen LogP contribution in [0.3, 0.4) is 0 Å². The molecule has 0 spiro atoms. The molecule has 1 aromatic rings. The largest absolute Gasteiger partial charge is 0.270 e. The van der Waals surface area contributed by atoms with Gasteiger partial charge in [-0.15, -0.1) is 0 Å². The summed E-state index contributed by atoms with van der Waals surface area (Å²) in [5.41, 5.74) is -0.280. The quantitative estimate of drug-likeness (QED) is 0.581. The first-order valence-electron chi connectivity index (χ1n) is 5.55. The molecule has 0 bridgehead atoms. The molecule has 0 fully saturated rings. The van der Waals surface area contributed by atoms with E-state index in [1.165, 1.54) is 18.2 Å². The maximum atomic E-state index is 12.2. The Kier molecular flexibility index (Phi) is 4.97. The van der Waals surface area contributed by atoms with Crippen LogP contribution in [0.15, 0.2) is 29.2 Å². The summed E-state index contributed by atoms with van der Waals surface area (Å²) < 4.78 is 25.6. The van der Waals surface area contributed by atoms with Crippen LogP contribution in [0.2, 0.25) is 0 Å². The number of non-ortho nitro benzene ring substituents is 1. The lowest BCUT2D eigenvalue weighted by Gasteiger charge is -2.18. The predicted molar refractivity (Wildman–Crippen MR) is 67.8 cm³/mol. The minimum atomic E-state index is -3.80. The van der Waals surface area contributed by atoms with Gasteiger partial charge in [0.1, 0.15) is 0 Å². The van der Waals surface area contributed by atoms with Crippen molar-refractivity contribution in [3.63, 3.8) is 0 Å². The fraction of sp³-hybridized carbons (Fsp3) is 0.364. The van der Waals surface area contributed by atoms with Gasteiger partial charge in [-0.1, -0.05) is 13.0 Å². The van der Waals surface area contributed by atoms with Gasteiger partial charge in [0.05, 0.1) is 15.9 Å². The van der Waals surface area contributed by atoms with E-state index >= 15 is 0 Å². The van der Waals surface area contributed by atoms with Gasteiger partial charge in [0.15, 0.2) is 0 Å². The van der Waals surface area contributed by atoms with E-state index in [0.29, 0.717) is 0 Å². The van der Waals surface area contributed by atoms with Crippen molar-refractivity contribution in [2.75, 3.05) is 13.1 Å². The Balaban J connectivity index is 3.15. The second kappa shape index (κ2) is 6.26. The van der Waals surface area contributed by atoms with Gasteiger partial charge in [0.25, 0.3) is 5.69 Å². The van der Waals surface area contributed by atoms with Crippen molar-refractivity contribution in [2.45, 2.75) is 18.2 Å². The summed E-state index contributed by atoms with van der Waals surface area (Å²) in [5, 5.41) is 19.1. The molecular weight excluding hydrogens is 270 g/mol. The zero-order valence-corrected chi connectivity index (χ0v) is 11.1. The zero-order chi connectivity index (χ0) is 14.5. The first-order valence-corrected chi connectivity index (χ1v) is 6.99. The number of sulfonamides is 1. The average Bonchev–Trinajstić information content (AvgIpc) is 2.39. The van der Waals surface area contributed by atoms with Gasteiger partial charge in [0, 0.05) is 31.6 Å². The number of rotatable bonds is 6. The highest BCUT2D eigenvalue weighted by Gasteiger charge is 2.24. The van der Waals surface area contributed by atoms with Crippen molar-refractivity contribution < 1.29 is 13.3 Å². The first kappa shape index (κ1) is 15.1. The Hall–Kier alpha value is -1.98. The van der Waals surface area contributed by atoms with Crippen LogP contribution in [0.1, 0.15) is 13.3 Å². The first-order chi connectivity index (χ1) is 8.93. The van der Waals surface area contributed by atoms with E-state index in [-0.39, 0.29) is 30.1 Å². The lowest BCUT2D eigenvalue weighted by Crippen LogP contribution is -2.31. The number of nitrogens with zero attached hydrogens (tertiary/aromatic N) is 3. The maximum Gasteiger partial charge on any atom is 0.270 e. The number of nitro groups is 1. The van der Waals surface area contributed by atoms with E-state index in [2.05, 4.69) is 0 Å². The standard InChI is InChI=1S/C11H13N3O4S/c1-2-13(8-4-7-12)19(17,18)11-6-3-5-10(9-11)14(15)16/h3,5-6,9H,2,4,8H2,1H3. The smallest absolute Gasteiger partial charge is 0.258 e. The van der Waals surface area contributed by atoms with E-state index in [1.54, 1.807) is 6.92 Å². The minimum Gasteiger partial charge on any atom is -0.258 e. The molecule has 0 saturated heterocycles. The van der Waals surface area contributed by atoms with Crippen molar-refractivity contribution >= 4 is 15.7 Å². The molecule has 0 N–H and O–H groups in total. The van der Waals surface area contributed by atoms with Crippen molar-refractivity contribution in [1.82, 2.24) is 4.31 Å². The molecule has 19 heavy (non-hydrogen) atoms. The number of benzene rings is 1. The predicted octanol–water partition coefficient (Wildman–Crippen LogP) is 1.52. The molecule has 0 heterocycles. The topological polar surface area (TPSA) is 104 Å². The molecule has 0 saturated carbocycles. The molecular formula is C11H13N3O4S. The van der Waals surface area contributed by atoms with E-state index in [4.69, 9.17) is 5.26 Å². The van der Waals surface area contributed by atoms with Gasteiger partial charge in [-0.05, 0) is 6.07 Å². The van der Waals surface area contributed by atoms with Crippen LogP contribution in [0.4, 0.5) is 5.69 Å².